The lowest BCUT2D eigenvalue weighted by molar-refractivity contribution is -0.123. The fourth-order valence-electron chi connectivity index (χ4n) is 3.09. The van der Waals surface area contributed by atoms with Crippen LogP contribution in [0.4, 0.5) is 0 Å². The third kappa shape index (κ3) is 3.73. The lowest BCUT2D eigenvalue weighted by atomic mass is 9.91. The molecule has 0 radical (unpaired) electrons. The van der Waals surface area contributed by atoms with E-state index in [1.165, 1.54) is 0 Å². The van der Waals surface area contributed by atoms with Crippen molar-refractivity contribution in [3.05, 3.63) is 52.8 Å². The van der Waals surface area contributed by atoms with E-state index >= 15 is 0 Å². The van der Waals surface area contributed by atoms with Crippen molar-refractivity contribution in [2.24, 2.45) is 5.73 Å². The number of aromatic nitrogens is 2. The normalized spacial score (nSPS) is 19.5. The summed E-state index contributed by atoms with van der Waals surface area (Å²) >= 11 is 6.01. The molecule has 1 aromatic heterocycles. The van der Waals surface area contributed by atoms with Crippen molar-refractivity contribution in [1.82, 2.24) is 20.4 Å². The average molecular weight is 376 g/mol. The summed E-state index contributed by atoms with van der Waals surface area (Å²) in [6, 6.07) is 8.57. The molecule has 2 amide bonds. The molecular formula is C18H22ClN5O2. The van der Waals surface area contributed by atoms with Gasteiger partial charge in [-0.15, -0.1) is 0 Å². The highest BCUT2D eigenvalue weighted by molar-refractivity contribution is 6.30. The minimum atomic E-state index is -1.39. The highest BCUT2D eigenvalue weighted by Crippen LogP contribution is 2.24. The maximum atomic E-state index is 12.7. The molecule has 1 aliphatic rings. The van der Waals surface area contributed by atoms with Crippen LogP contribution in [0.5, 0.6) is 0 Å². The van der Waals surface area contributed by atoms with E-state index in [-0.39, 0.29) is 11.7 Å². The minimum absolute atomic E-state index is 0.223. The first-order valence-corrected chi connectivity index (χ1v) is 8.92. The van der Waals surface area contributed by atoms with Crippen LogP contribution in [-0.2, 0) is 10.3 Å². The van der Waals surface area contributed by atoms with Crippen molar-refractivity contribution in [2.45, 2.75) is 31.3 Å². The quantitative estimate of drug-likeness (QED) is 0.738. The molecule has 0 spiro atoms. The van der Waals surface area contributed by atoms with Gasteiger partial charge in [-0.3, -0.25) is 14.3 Å². The highest BCUT2D eigenvalue weighted by Gasteiger charge is 2.36. The fraction of sp³-hybridized carbons (Fsp3) is 0.389. The zero-order valence-electron chi connectivity index (χ0n) is 14.5. The number of hydrogen-bond donors (Lipinski definition) is 3. The number of nitrogens with zero attached hydrogens (tertiary/aromatic N) is 2. The second-order valence-electron chi connectivity index (χ2n) is 6.63. The van der Waals surface area contributed by atoms with Gasteiger partial charge in [-0.2, -0.15) is 5.10 Å². The van der Waals surface area contributed by atoms with E-state index < -0.39 is 17.4 Å². The van der Waals surface area contributed by atoms with Gasteiger partial charge in [-0.25, -0.2) is 0 Å². The third-order valence-corrected chi connectivity index (χ3v) is 4.98. The van der Waals surface area contributed by atoms with Gasteiger partial charge in [0.15, 0.2) is 0 Å². The Morgan fingerprint density at radius 2 is 2.23 bits per heavy atom. The number of rotatable bonds is 5. The first-order valence-electron chi connectivity index (χ1n) is 8.54. The summed E-state index contributed by atoms with van der Waals surface area (Å²) in [6.07, 6.45) is 3.87. The second kappa shape index (κ2) is 7.47. The van der Waals surface area contributed by atoms with E-state index in [0.717, 1.165) is 25.9 Å². The summed E-state index contributed by atoms with van der Waals surface area (Å²) in [4.78, 5) is 24.8. The molecule has 1 aliphatic heterocycles. The second-order valence-corrected chi connectivity index (χ2v) is 7.07. The molecule has 2 aromatic rings. The Morgan fingerprint density at radius 1 is 1.42 bits per heavy atom. The van der Waals surface area contributed by atoms with Crippen LogP contribution in [0, 0.1) is 0 Å². The van der Waals surface area contributed by atoms with Crippen LogP contribution < -0.4 is 16.4 Å². The first kappa shape index (κ1) is 18.4. The highest BCUT2D eigenvalue weighted by atomic mass is 35.5. The third-order valence-electron chi connectivity index (χ3n) is 4.74. The minimum Gasteiger partial charge on any atom is -0.367 e. The molecule has 1 aromatic carbocycles. The predicted octanol–water partition coefficient (Wildman–Crippen LogP) is 1.59. The van der Waals surface area contributed by atoms with E-state index in [9.17, 15) is 9.59 Å². The van der Waals surface area contributed by atoms with Crippen LogP contribution in [0.2, 0.25) is 5.02 Å². The van der Waals surface area contributed by atoms with Gasteiger partial charge in [0, 0.05) is 17.8 Å². The number of piperidine rings is 1. The Morgan fingerprint density at radius 3 is 2.88 bits per heavy atom. The van der Waals surface area contributed by atoms with Gasteiger partial charge >= 0.3 is 0 Å². The number of benzene rings is 1. The molecule has 8 heteroatoms. The van der Waals surface area contributed by atoms with E-state index in [4.69, 9.17) is 17.3 Å². The average Bonchev–Trinajstić information content (AvgIpc) is 3.12. The Labute approximate surface area is 156 Å². The molecule has 7 nitrogen and oxygen atoms in total. The number of amides is 2. The maximum absolute atomic E-state index is 12.7. The molecule has 2 heterocycles. The SMILES string of the molecule is CC(NC(=O)c1ccn(C2CCCNC2)n1)(C(N)=O)c1cccc(Cl)c1. The monoisotopic (exact) mass is 375 g/mol. The largest absolute Gasteiger partial charge is 0.367 e. The predicted molar refractivity (Wildman–Crippen MR) is 98.8 cm³/mol. The summed E-state index contributed by atoms with van der Waals surface area (Å²) in [6.45, 7) is 3.38. The number of hydrogen-bond acceptors (Lipinski definition) is 4. The molecule has 0 aliphatic carbocycles. The topological polar surface area (TPSA) is 102 Å². The van der Waals surface area contributed by atoms with Crippen LogP contribution in [0.1, 0.15) is 41.9 Å². The van der Waals surface area contributed by atoms with Crippen LogP contribution in [-0.4, -0.2) is 34.7 Å². The lowest BCUT2D eigenvalue weighted by Gasteiger charge is -2.28. The molecule has 1 saturated heterocycles. The van der Waals surface area contributed by atoms with Gasteiger partial charge < -0.3 is 16.4 Å². The van der Waals surface area contributed by atoms with Crippen molar-refractivity contribution in [3.8, 4) is 0 Å². The Balaban J connectivity index is 1.80. The van der Waals surface area contributed by atoms with Gasteiger partial charge in [-0.05, 0) is 50.1 Å². The van der Waals surface area contributed by atoms with Crippen molar-refractivity contribution in [1.29, 1.82) is 0 Å². The number of nitrogens with one attached hydrogen (secondary N) is 2. The molecule has 0 bridgehead atoms. The number of primary amides is 1. The van der Waals surface area contributed by atoms with Gasteiger partial charge in [0.2, 0.25) is 5.91 Å². The number of nitrogens with two attached hydrogens (primary N) is 1. The molecule has 3 rings (SSSR count). The lowest BCUT2D eigenvalue weighted by Crippen LogP contribution is -2.52. The zero-order chi connectivity index (χ0) is 18.7. The molecule has 26 heavy (non-hydrogen) atoms. The smallest absolute Gasteiger partial charge is 0.272 e. The van der Waals surface area contributed by atoms with Crippen molar-refractivity contribution < 1.29 is 9.59 Å². The summed E-state index contributed by atoms with van der Waals surface area (Å²) in [5.41, 5.74) is 4.94. The van der Waals surface area contributed by atoms with E-state index in [2.05, 4.69) is 15.7 Å². The summed E-state index contributed by atoms with van der Waals surface area (Å²) in [7, 11) is 0. The molecule has 0 saturated carbocycles. The molecule has 1 fully saturated rings. The molecule has 4 N–H and O–H groups in total. The van der Waals surface area contributed by atoms with Crippen LogP contribution >= 0.6 is 11.6 Å². The molecule has 2 unspecified atom stereocenters. The number of carbonyl (C=O) groups excluding carboxylic acids is 2. The van der Waals surface area contributed by atoms with Crippen molar-refractivity contribution in [2.75, 3.05) is 13.1 Å². The first-order chi connectivity index (χ1) is 12.4. The number of halogens is 1. The van der Waals surface area contributed by atoms with Gasteiger partial charge in [-0.1, -0.05) is 23.7 Å². The summed E-state index contributed by atoms with van der Waals surface area (Å²) in [5, 5.41) is 10.9. The fourth-order valence-corrected chi connectivity index (χ4v) is 3.28. The summed E-state index contributed by atoms with van der Waals surface area (Å²) in [5.74, 6) is -1.14. The zero-order valence-corrected chi connectivity index (χ0v) is 15.3. The number of carbonyl (C=O) groups is 2. The Hall–Kier alpha value is -2.38. The molecule has 2 atom stereocenters. The Kier molecular flexibility index (Phi) is 5.29. The van der Waals surface area contributed by atoms with Crippen LogP contribution in [0.3, 0.4) is 0 Å². The van der Waals surface area contributed by atoms with E-state index in [1.54, 1.807) is 48.1 Å². The molecule has 138 valence electrons. The van der Waals surface area contributed by atoms with E-state index in [0.29, 0.717) is 10.6 Å². The standard InChI is InChI=1S/C18H22ClN5O2/c1-18(17(20)26,12-4-2-5-13(19)10-12)22-16(25)15-7-9-24(23-15)14-6-3-8-21-11-14/h2,4-5,7,9-10,14,21H,3,6,8,11H2,1H3,(H2,20,26)(H,22,25). The van der Waals surface area contributed by atoms with Gasteiger partial charge in [0.25, 0.3) is 5.91 Å². The summed E-state index contributed by atoms with van der Waals surface area (Å²) < 4.78 is 1.79. The van der Waals surface area contributed by atoms with Crippen LogP contribution in [0.15, 0.2) is 36.5 Å². The van der Waals surface area contributed by atoms with Crippen LogP contribution in [0.25, 0.3) is 0 Å². The van der Waals surface area contributed by atoms with E-state index in [1.807, 2.05) is 0 Å². The van der Waals surface area contributed by atoms with Crippen molar-refractivity contribution in [3.63, 3.8) is 0 Å². The van der Waals surface area contributed by atoms with Gasteiger partial charge in [0.1, 0.15) is 11.2 Å². The van der Waals surface area contributed by atoms with Crippen molar-refractivity contribution >= 4 is 23.4 Å². The van der Waals surface area contributed by atoms with Gasteiger partial charge in [0.05, 0.1) is 6.04 Å². The maximum Gasteiger partial charge on any atom is 0.272 e. The Bertz CT molecular complexity index is 815. The molecular weight excluding hydrogens is 354 g/mol.